The van der Waals surface area contributed by atoms with Gasteiger partial charge in [-0.1, -0.05) is 34.1 Å². The monoisotopic (exact) mass is 305 g/mol. The van der Waals surface area contributed by atoms with Crippen molar-refractivity contribution in [1.29, 1.82) is 0 Å². The van der Waals surface area contributed by atoms with Crippen molar-refractivity contribution in [3.05, 3.63) is 51.4 Å². The molecule has 0 saturated heterocycles. The first kappa shape index (κ1) is 11.0. The van der Waals surface area contributed by atoms with Gasteiger partial charge >= 0.3 is 0 Å². The van der Waals surface area contributed by atoms with Crippen molar-refractivity contribution in [1.82, 2.24) is 14.6 Å². The van der Waals surface area contributed by atoms with E-state index in [1.54, 1.807) is 18.2 Å². The molecular weight excluding hydrogens is 298 g/mol. The number of halogens is 1. The average molecular weight is 306 g/mol. The maximum absolute atomic E-state index is 12.0. The zero-order valence-electron chi connectivity index (χ0n) is 9.09. The van der Waals surface area contributed by atoms with Crippen LogP contribution in [0.15, 0.2) is 45.8 Å². The highest BCUT2D eigenvalue weighted by Gasteiger charge is 2.16. The molecule has 1 aromatic carbocycles. The molecule has 0 atom stereocenters. The minimum atomic E-state index is -0.354. The summed E-state index contributed by atoms with van der Waals surface area (Å²) in [5, 5.41) is 14.1. The molecule has 0 saturated carbocycles. The van der Waals surface area contributed by atoms with Gasteiger partial charge in [0, 0.05) is 16.1 Å². The molecule has 3 rings (SSSR count). The van der Waals surface area contributed by atoms with E-state index in [0.29, 0.717) is 11.2 Å². The van der Waals surface area contributed by atoms with E-state index in [1.807, 2.05) is 12.1 Å². The van der Waals surface area contributed by atoms with E-state index < -0.39 is 0 Å². The van der Waals surface area contributed by atoms with Crippen LogP contribution in [0.3, 0.4) is 0 Å². The van der Waals surface area contributed by atoms with Crippen molar-refractivity contribution in [3.8, 4) is 17.0 Å². The molecule has 0 bridgehead atoms. The van der Waals surface area contributed by atoms with Crippen LogP contribution >= 0.6 is 15.9 Å². The second kappa shape index (κ2) is 3.99. The summed E-state index contributed by atoms with van der Waals surface area (Å²) in [7, 11) is 0. The lowest BCUT2D eigenvalue weighted by molar-refractivity contribution is 0.437. The molecule has 5 nitrogen and oxygen atoms in total. The number of nitrogens with one attached hydrogen (secondary N) is 1. The molecule has 0 fully saturated rings. The Morgan fingerprint density at radius 3 is 2.83 bits per heavy atom. The average Bonchev–Trinajstić information content (AvgIpc) is 2.79. The van der Waals surface area contributed by atoms with Crippen LogP contribution in [-0.2, 0) is 0 Å². The van der Waals surface area contributed by atoms with Crippen molar-refractivity contribution < 1.29 is 5.11 Å². The molecule has 2 aromatic heterocycles. The Labute approximate surface area is 110 Å². The highest BCUT2D eigenvalue weighted by molar-refractivity contribution is 9.10. The van der Waals surface area contributed by atoms with Crippen LogP contribution in [0.2, 0.25) is 0 Å². The number of H-pyrrole nitrogens is 1. The van der Waals surface area contributed by atoms with Gasteiger partial charge in [-0.3, -0.25) is 4.79 Å². The number of hydrogen-bond donors (Lipinski definition) is 2. The van der Waals surface area contributed by atoms with Crippen molar-refractivity contribution in [2.45, 2.75) is 0 Å². The molecule has 0 amide bonds. The largest absolute Gasteiger partial charge is 0.493 e. The quantitative estimate of drug-likeness (QED) is 0.724. The SMILES string of the molecule is O=c1[nH]c2ccnn2c(O)c1-c1ccccc1Br. The molecule has 0 aliphatic carbocycles. The highest BCUT2D eigenvalue weighted by atomic mass is 79.9. The Morgan fingerprint density at radius 2 is 2.06 bits per heavy atom. The van der Waals surface area contributed by atoms with Crippen molar-refractivity contribution in [2.24, 2.45) is 0 Å². The molecule has 90 valence electrons. The Hall–Kier alpha value is -2.08. The zero-order valence-corrected chi connectivity index (χ0v) is 10.7. The Morgan fingerprint density at radius 1 is 1.28 bits per heavy atom. The minimum Gasteiger partial charge on any atom is -0.493 e. The van der Waals surface area contributed by atoms with Gasteiger partial charge in [0.15, 0.2) is 0 Å². The smallest absolute Gasteiger partial charge is 0.262 e. The van der Waals surface area contributed by atoms with E-state index in [2.05, 4.69) is 26.0 Å². The summed E-state index contributed by atoms with van der Waals surface area (Å²) in [4.78, 5) is 14.7. The molecule has 0 radical (unpaired) electrons. The summed E-state index contributed by atoms with van der Waals surface area (Å²) < 4.78 is 2.02. The molecule has 0 spiro atoms. The first-order valence-corrected chi connectivity index (χ1v) is 6.01. The van der Waals surface area contributed by atoms with Crippen molar-refractivity contribution in [3.63, 3.8) is 0 Å². The number of aromatic hydroxyl groups is 1. The zero-order chi connectivity index (χ0) is 12.7. The normalized spacial score (nSPS) is 10.9. The summed E-state index contributed by atoms with van der Waals surface area (Å²) >= 11 is 3.36. The fourth-order valence-electron chi connectivity index (χ4n) is 1.86. The van der Waals surface area contributed by atoms with Gasteiger partial charge in [0.2, 0.25) is 5.88 Å². The Bertz CT molecular complexity index is 791. The first-order valence-electron chi connectivity index (χ1n) is 5.22. The van der Waals surface area contributed by atoms with Gasteiger partial charge in [-0.15, -0.1) is 0 Å². The number of hydrogen-bond acceptors (Lipinski definition) is 3. The molecule has 0 aliphatic heterocycles. The number of aromatic amines is 1. The van der Waals surface area contributed by atoms with Crippen molar-refractivity contribution in [2.75, 3.05) is 0 Å². The van der Waals surface area contributed by atoms with E-state index in [9.17, 15) is 9.90 Å². The molecule has 0 aliphatic rings. The van der Waals surface area contributed by atoms with E-state index in [4.69, 9.17) is 0 Å². The maximum atomic E-state index is 12.0. The molecule has 18 heavy (non-hydrogen) atoms. The number of nitrogens with zero attached hydrogens (tertiary/aromatic N) is 2. The fourth-order valence-corrected chi connectivity index (χ4v) is 2.34. The standard InChI is InChI=1S/C12H8BrN3O2/c13-8-4-2-1-3-7(8)10-11(17)15-9-5-6-14-16(9)12(10)18/h1-6,18H,(H,15,17). The van der Waals surface area contributed by atoms with E-state index >= 15 is 0 Å². The predicted octanol–water partition coefficient (Wildman–Crippen LogP) is 2.16. The molecular formula is C12H8BrN3O2. The van der Waals surface area contributed by atoms with Crippen LogP contribution in [0.1, 0.15) is 0 Å². The van der Waals surface area contributed by atoms with Gasteiger partial charge in [0.1, 0.15) is 11.2 Å². The van der Waals surface area contributed by atoms with Crippen LogP contribution in [-0.4, -0.2) is 19.7 Å². The topological polar surface area (TPSA) is 70.4 Å². The highest BCUT2D eigenvalue weighted by Crippen LogP contribution is 2.31. The lowest BCUT2D eigenvalue weighted by atomic mass is 10.1. The number of aromatic nitrogens is 3. The number of benzene rings is 1. The lowest BCUT2D eigenvalue weighted by Gasteiger charge is -2.07. The maximum Gasteiger partial charge on any atom is 0.262 e. The van der Waals surface area contributed by atoms with Crippen LogP contribution in [0.25, 0.3) is 16.8 Å². The fraction of sp³-hybridized carbons (Fsp3) is 0. The van der Waals surface area contributed by atoms with Crippen LogP contribution in [0.4, 0.5) is 0 Å². The summed E-state index contributed by atoms with van der Waals surface area (Å²) in [6, 6.07) is 8.81. The molecule has 3 aromatic rings. The van der Waals surface area contributed by atoms with Gasteiger partial charge in [-0.2, -0.15) is 9.61 Å². The summed E-state index contributed by atoms with van der Waals surface area (Å²) in [5.74, 6) is -0.175. The molecule has 0 unspecified atom stereocenters. The number of fused-ring (bicyclic) bond motifs is 1. The summed E-state index contributed by atoms with van der Waals surface area (Å²) in [5.41, 5.74) is 0.910. The molecule has 2 heterocycles. The van der Waals surface area contributed by atoms with Gasteiger partial charge in [0.25, 0.3) is 5.56 Å². The van der Waals surface area contributed by atoms with E-state index in [0.717, 1.165) is 4.47 Å². The third-order valence-electron chi connectivity index (χ3n) is 2.68. The van der Waals surface area contributed by atoms with Crippen LogP contribution in [0, 0.1) is 0 Å². The Balaban J connectivity index is 2.43. The van der Waals surface area contributed by atoms with Gasteiger partial charge in [-0.25, -0.2) is 0 Å². The Kier molecular flexibility index (Phi) is 2.45. The molecule has 2 N–H and O–H groups in total. The van der Waals surface area contributed by atoms with Gasteiger partial charge in [0.05, 0.1) is 6.20 Å². The first-order chi connectivity index (χ1) is 8.68. The summed E-state index contributed by atoms with van der Waals surface area (Å²) in [6.07, 6.45) is 1.51. The lowest BCUT2D eigenvalue weighted by Crippen LogP contribution is -2.12. The number of rotatable bonds is 1. The minimum absolute atomic E-state index is 0.175. The summed E-state index contributed by atoms with van der Waals surface area (Å²) in [6.45, 7) is 0. The van der Waals surface area contributed by atoms with E-state index in [-0.39, 0.29) is 17.0 Å². The predicted molar refractivity (Wildman–Crippen MR) is 70.6 cm³/mol. The van der Waals surface area contributed by atoms with Gasteiger partial charge in [-0.05, 0) is 6.07 Å². The third-order valence-corrected chi connectivity index (χ3v) is 3.37. The third kappa shape index (κ3) is 1.53. The van der Waals surface area contributed by atoms with Crippen LogP contribution in [0.5, 0.6) is 5.88 Å². The van der Waals surface area contributed by atoms with Gasteiger partial charge < -0.3 is 10.1 Å². The van der Waals surface area contributed by atoms with Crippen LogP contribution < -0.4 is 5.56 Å². The van der Waals surface area contributed by atoms with Crippen molar-refractivity contribution >= 4 is 21.6 Å². The second-order valence-electron chi connectivity index (χ2n) is 3.76. The molecule has 6 heteroatoms. The van der Waals surface area contributed by atoms with E-state index in [1.165, 1.54) is 10.7 Å². The second-order valence-corrected chi connectivity index (χ2v) is 4.62.